The molecule has 156 valence electrons. The number of aryl methyl sites for hydroxylation is 1. The number of rotatable bonds is 6. The Hall–Kier alpha value is -2.09. The molecule has 2 N–H and O–H groups in total. The fourth-order valence-corrected chi connectivity index (χ4v) is 4.46. The van der Waals surface area contributed by atoms with E-state index in [9.17, 15) is 13.2 Å². The number of likely N-dealkylation sites (tertiary alicyclic amines) is 1. The van der Waals surface area contributed by atoms with Gasteiger partial charge in [0.1, 0.15) is 0 Å². The lowest BCUT2D eigenvalue weighted by molar-refractivity contribution is -0.132. The number of benzene rings is 1. The van der Waals surface area contributed by atoms with Gasteiger partial charge in [-0.2, -0.15) is 0 Å². The first kappa shape index (κ1) is 22.2. The van der Waals surface area contributed by atoms with Crippen molar-refractivity contribution in [3.63, 3.8) is 0 Å². The van der Waals surface area contributed by atoms with E-state index >= 15 is 0 Å². The first-order valence-electron chi connectivity index (χ1n) is 9.72. The van der Waals surface area contributed by atoms with E-state index in [1.807, 2.05) is 11.0 Å². The van der Waals surface area contributed by atoms with Crippen molar-refractivity contribution >= 4 is 21.7 Å². The van der Waals surface area contributed by atoms with Gasteiger partial charge in [-0.1, -0.05) is 19.1 Å². The number of nitrogens with zero attached hydrogens (tertiary/aromatic N) is 2. The molecule has 0 spiro atoms. The van der Waals surface area contributed by atoms with Gasteiger partial charge < -0.3 is 15.5 Å². The number of hydrogen-bond donors (Lipinski definition) is 2. The van der Waals surface area contributed by atoms with Gasteiger partial charge in [-0.3, -0.25) is 9.79 Å². The fourth-order valence-electron chi connectivity index (χ4n) is 3.51. The Balaban J connectivity index is 1.80. The highest BCUT2D eigenvalue weighted by Gasteiger charge is 2.20. The van der Waals surface area contributed by atoms with Gasteiger partial charge in [-0.25, -0.2) is 8.42 Å². The van der Waals surface area contributed by atoms with Gasteiger partial charge in [0.05, 0.1) is 4.90 Å². The van der Waals surface area contributed by atoms with Crippen molar-refractivity contribution in [2.24, 2.45) is 10.9 Å². The Morgan fingerprint density at radius 2 is 2.07 bits per heavy atom. The number of nitrogens with one attached hydrogen (secondary N) is 2. The van der Waals surface area contributed by atoms with Crippen molar-refractivity contribution in [3.8, 4) is 0 Å². The Bertz CT molecular complexity index is 821. The van der Waals surface area contributed by atoms with E-state index < -0.39 is 9.84 Å². The summed E-state index contributed by atoms with van der Waals surface area (Å²) in [6.45, 7) is 6.73. The van der Waals surface area contributed by atoms with Crippen molar-refractivity contribution in [2.75, 3.05) is 32.9 Å². The molecule has 1 fully saturated rings. The molecule has 7 nitrogen and oxygen atoms in total. The molecule has 1 aliphatic rings. The average molecular weight is 409 g/mol. The van der Waals surface area contributed by atoms with Crippen LogP contribution in [0.1, 0.15) is 37.3 Å². The van der Waals surface area contributed by atoms with Crippen LogP contribution >= 0.6 is 0 Å². The predicted octanol–water partition coefficient (Wildman–Crippen LogP) is 1.71. The van der Waals surface area contributed by atoms with Crippen molar-refractivity contribution in [3.05, 3.63) is 29.3 Å². The third kappa shape index (κ3) is 6.51. The normalized spacial score (nSPS) is 18.1. The van der Waals surface area contributed by atoms with Crippen molar-refractivity contribution in [2.45, 2.75) is 44.6 Å². The Morgan fingerprint density at radius 1 is 1.32 bits per heavy atom. The Kier molecular flexibility index (Phi) is 7.86. The third-order valence-corrected chi connectivity index (χ3v) is 6.22. The molecule has 0 radical (unpaired) electrons. The predicted molar refractivity (Wildman–Crippen MR) is 112 cm³/mol. The second-order valence-corrected chi connectivity index (χ2v) is 9.55. The molecule has 2 rings (SSSR count). The second-order valence-electron chi connectivity index (χ2n) is 7.56. The van der Waals surface area contributed by atoms with Crippen LogP contribution in [0.3, 0.4) is 0 Å². The largest absolute Gasteiger partial charge is 0.356 e. The second kappa shape index (κ2) is 9.91. The van der Waals surface area contributed by atoms with E-state index in [0.717, 1.165) is 30.6 Å². The summed E-state index contributed by atoms with van der Waals surface area (Å²) in [5.41, 5.74) is 1.69. The summed E-state index contributed by atoms with van der Waals surface area (Å²) < 4.78 is 23.4. The van der Waals surface area contributed by atoms with Gasteiger partial charge in [0.15, 0.2) is 15.8 Å². The molecule has 0 bridgehead atoms. The topological polar surface area (TPSA) is 90.9 Å². The Morgan fingerprint density at radius 3 is 2.68 bits per heavy atom. The highest BCUT2D eigenvalue weighted by Crippen LogP contribution is 2.17. The molecule has 0 aromatic heterocycles. The summed E-state index contributed by atoms with van der Waals surface area (Å²) >= 11 is 0. The van der Waals surface area contributed by atoms with E-state index in [4.69, 9.17) is 0 Å². The first-order valence-corrected chi connectivity index (χ1v) is 11.6. The van der Waals surface area contributed by atoms with Gasteiger partial charge in [-0.15, -0.1) is 0 Å². The maximum atomic E-state index is 12.3. The van der Waals surface area contributed by atoms with Crippen LogP contribution in [0.4, 0.5) is 0 Å². The molecule has 1 unspecified atom stereocenters. The summed E-state index contributed by atoms with van der Waals surface area (Å²) in [6, 6.07) is 5.29. The van der Waals surface area contributed by atoms with Crippen LogP contribution in [-0.4, -0.2) is 58.1 Å². The molecular formula is C20H32N4O3S. The van der Waals surface area contributed by atoms with Crippen LogP contribution < -0.4 is 10.6 Å². The lowest BCUT2D eigenvalue weighted by atomic mass is 10.00. The minimum Gasteiger partial charge on any atom is -0.356 e. The van der Waals surface area contributed by atoms with Crippen LogP contribution in [0.2, 0.25) is 0 Å². The lowest BCUT2D eigenvalue weighted by Crippen LogP contribution is -2.42. The zero-order valence-corrected chi connectivity index (χ0v) is 18.1. The van der Waals surface area contributed by atoms with E-state index in [-0.39, 0.29) is 5.91 Å². The van der Waals surface area contributed by atoms with E-state index in [0.29, 0.717) is 36.3 Å². The molecule has 8 heteroatoms. The Labute approximate surface area is 168 Å². The number of hydrogen-bond acceptors (Lipinski definition) is 4. The van der Waals surface area contributed by atoms with Crippen LogP contribution in [0.5, 0.6) is 0 Å². The molecule has 1 aromatic rings. The summed E-state index contributed by atoms with van der Waals surface area (Å²) in [6.07, 6.45) is 3.94. The number of sulfone groups is 1. The highest BCUT2D eigenvalue weighted by molar-refractivity contribution is 7.90. The SMILES string of the molecule is CN=C(NCCC(=O)N1CCCC(C)C1)NCc1ccc(S(C)(=O)=O)c(C)c1. The van der Waals surface area contributed by atoms with Crippen LogP contribution in [0.15, 0.2) is 28.1 Å². The van der Waals surface area contributed by atoms with Crippen LogP contribution in [0, 0.1) is 12.8 Å². The smallest absolute Gasteiger partial charge is 0.224 e. The average Bonchev–Trinajstić information content (AvgIpc) is 2.63. The molecule has 1 saturated heterocycles. The molecule has 1 aliphatic heterocycles. The maximum absolute atomic E-state index is 12.3. The summed E-state index contributed by atoms with van der Waals surface area (Å²) in [5.74, 6) is 1.38. The zero-order valence-electron chi connectivity index (χ0n) is 17.3. The summed E-state index contributed by atoms with van der Waals surface area (Å²) in [4.78, 5) is 18.8. The first-order chi connectivity index (χ1) is 13.2. The molecule has 0 aliphatic carbocycles. The third-order valence-electron chi connectivity index (χ3n) is 4.96. The molecule has 28 heavy (non-hydrogen) atoms. The highest BCUT2D eigenvalue weighted by atomic mass is 32.2. The van der Waals surface area contributed by atoms with Crippen molar-refractivity contribution in [1.82, 2.24) is 15.5 Å². The number of carbonyl (C=O) groups excluding carboxylic acids is 1. The number of guanidine groups is 1. The lowest BCUT2D eigenvalue weighted by Gasteiger charge is -2.31. The van der Waals surface area contributed by atoms with Gasteiger partial charge in [0.2, 0.25) is 5.91 Å². The van der Waals surface area contributed by atoms with E-state index in [1.54, 1.807) is 26.1 Å². The van der Waals surface area contributed by atoms with E-state index in [1.165, 1.54) is 12.7 Å². The van der Waals surface area contributed by atoms with Crippen LogP contribution in [-0.2, 0) is 21.2 Å². The van der Waals surface area contributed by atoms with Gasteiger partial charge in [-0.05, 0) is 42.9 Å². The maximum Gasteiger partial charge on any atom is 0.224 e. The van der Waals surface area contributed by atoms with Gasteiger partial charge in [0.25, 0.3) is 0 Å². The molecule has 0 saturated carbocycles. The number of carbonyl (C=O) groups is 1. The fraction of sp³-hybridized carbons (Fsp3) is 0.600. The standard InChI is InChI=1S/C20H32N4O3S/c1-15-6-5-11-24(14-15)19(25)9-10-22-20(21-3)23-13-17-7-8-18(16(2)12-17)28(4,26)27/h7-8,12,15H,5-6,9-11,13-14H2,1-4H3,(H2,21,22,23). The minimum atomic E-state index is -3.21. The number of aliphatic imine (C=N–C) groups is 1. The quantitative estimate of drug-likeness (QED) is 0.552. The minimum absolute atomic E-state index is 0.182. The molecule has 1 amide bonds. The monoisotopic (exact) mass is 408 g/mol. The summed E-state index contributed by atoms with van der Waals surface area (Å²) in [7, 11) is -1.53. The van der Waals surface area contributed by atoms with Gasteiger partial charge >= 0.3 is 0 Å². The summed E-state index contributed by atoms with van der Waals surface area (Å²) in [5, 5.41) is 6.36. The number of piperidine rings is 1. The molecular weight excluding hydrogens is 376 g/mol. The zero-order chi connectivity index (χ0) is 20.7. The van der Waals surface area contributed by atoms with Crippen LogP contribution in [0.25, 0.3) is 0 Å². The number of amides is 1. The molecule has 1 aromatic carbocycles. The van der Waals surface area contributed by atoms with Crippen molar-refractivity contribution in [1.29, 1.82) is 0 Å². The van der Waals surface area contributed by atoms with Gasteiger partial charge in [0, 0.05) is 45.9 Å². The van der Waals surface area contributed by atoms with Crippen molar-refractivity contribution < 1.29 is 13.2 Å². The molecule has 1 atom stereocenters. The molecule has 1 heterocycles. The van der Waals surface area contributed by atoms with E-state index in [2.05, 4.69) is 22.5 Å².